The molecule has 0 spiro atoms. The molecule has 0 aliphatic heterocycles. The molecule has 0 aromatic carbocycles. The summed E-state index contributed by atoms with van der Waals surface area (Å²) in [5, 5.41) is 9.16. The van der Waals surface area contributed by atoms with Gasteiger partial charge in [-0.05, 0) is 56.4 Å². The summed E-state index contributed by atoms with van der Waals surface area (Å²) in [4.78, 5) is 5.60. The van der Waals surface area contributed by atoms with Gasteiger partial charge in [-0.15, -0.1) is 22.7 Å². The van der Waals surface area contributed by atoms with Crippen LogP contribution in [0.3, 0.4) is 0 Å². The van der Waals surface area contributed by atoms with Gasteiger partial charge in [0.2, 0.25) is 0 Å². The number of rotatable bonds is 8. The largest absolute Gasteiger partial charge is 0.396 e. The molecule has 0 radical (unpaired) electrons. The molecule has 0 aliphatic rings. The molecule has 0 atom stereocenters. The van der Waals surface area contributed by atoms with E-state index < -0.39 is 0 Å². The van der Waals surface area contributed by atoms with Crippen LogP contribution in [0.2, 0.25) is 0 Å². The van der Waals surface area contributed by atoms with Crippen molar-refractivity contribution in [3.8, 4) is 9.75 Å². The second kappa shape index (κ2) is 8.11. The number of aryl methyl sites for hydroxylation is 3. The Bertz CT molecular complexity index is 566. The Morgan fingerprint density at radius 2 is 1.76 bits per heavy atom. The van der Waals surface area contributed by atoms with Gasteiger partial charge in [-0.1, -0.05) is 26.2 Å². The Balaban J connectivity index is 2.16. The van der Waals surface area contributed by atoms with Crippen LogP contribution in [0.4, 0.5) is 0 Å². The van der Waals surface area contributed by atoms with E-state index in [1.807, 2.05) is 22.7 Å². The first-order valence-corrected chi connectivity index (χ1v) is 9.58. The van der Waals surface area contributed by atoms with Crippen molar-refractivity contribution in [1.82, 2.24) is 0 Å². The molecular formula is C18H26OS2. The molecule has 2 aromatic heterocycles. The molecule has 2 rings (SSSR count). The van der Waals surface area contributed by atoms with Gasteiger partial charge in [0, 0.05) is 26.1 Å². The van der Waals surface area contributed by atoms with Crippen LogP contribution in [0.1, 0.15) is 53.5 Å². The van der Waals surface area contributed by atoms with Crippen LogP contribution >= 0.6 is 22.7 Å². The standard InChI is InChI=1S/C18H26OS2/c1-4-5-6-7-8-16-11-13(2)20-18(16)17-12-15(9-10-19)14(3)21-17/h11-12,19H,4-10H2,1-3H3. The van der Waals surface area contributed by atoms with E-state index in [0.717, 1.165) is 6.42 Å². The van der Waals surface area contributed by atoms with Crippen LogP contribution in [0, 0.1) is 13.8 Å². The summed E-state index contributed by atoms with van der Waals surface area (Å²) < 4.78 is 0. The maximum Gasteiger partial charge on any atom is 0.0477 e. The van der Waals surface area contributed by atoms with Gasteiger partial charge in [0.05, 0.1) is 0 Å². The van der Waals surface area contributed by atoms with E-state index in [0.29, 0.717) is 0 Å². The minimum Gasteiger partial charge on any atom is -0.396 e. The number of unbranched alkanes of at least 4 members (excludes halogenated alkanes) is 3. The van der Waals surface area contributed by atoms with Crippen LogP contribution < -0.4 is 0 Å². The topological polar surface area (TPSA) is 20.2 Å². The second-order valence-corrected chi connectivity index (χ2v) is 8.20. The molecule has 0 fully saturated rings. The fraction of sp³-hybridized carbons (Fsp3) is 0.556. The molecule has 1 N–H and O–H groups in total. The normalized spacial score (nSPS) is 11.2. The average molecular weight is 323 g/mol. The molecule has 1 nitrogen and oxygen atoms in total. The molecule has 2 aromatic rings. The van der Waals surface area contributed by atoms with Crippen LogP contribution in [-0.2, 0) is 12.8 Å². The van der Waals surface area contributed by atoms with E-state index in [1.165, 1.54) is 62.7 Å². The molecule has 0 saturated carbocycles. The van der Waals surface area contributed by atoms with Crippen molar-refractivity contribution < 1.29 is 5.11 Å². The van der Waals surface area contributed by atoms with E-state index in [-0.39, 0.29) is 6.61 Å². The Kier molecular flexibility index (Phi) is 6.46. The van der Waals surface area contributed by atoms with Crippen molar-refractivity contribution in [2.45, 2.75) is 59.3 Å². The highest BCUT2D eigenvalue weighted by Gasteiger charge is 2.13. The molecule has 0 saturated heterocycles. The predicted molar refractivity (Wildman–Crippen MR) is 95.7 cm³/mol. The summed E-state index contributed by atoms with van der Waals surface area (Å²) >= 11 is 3.80. The van der Waals surface area contributed by atoms with Gasteiger partial charge in [-0.25, -0.2) is 0 Å². The first-order valence-electron chi connectivity index (χ1n) is 7.95. The molecule has 3 heteroatoms. The highest BCUT2D eigenvalue weighted by Crippen LogP contribution is 2.39. The zero-order valence-corrected chi connectivity index (χ0v) is 15.0. The van der Waals surface area contributed by atoms with Gasteiger partial charge >= 0.3 is 0 Å². The minimum absolute atomic E-state index is 0.240. The fourth-order valence-corrected chi connectivity index (χ4v) is 4.98. The highest BCUT2D eigenvalue weighted by molar-refractivity contribution is 7.22. The Morgan fingerprint density at radius 3 is 2.48 bits per heavy atom. The number of hydrogen-bond acceptors (Lipinski definition) is 3. The fourth-order valence-electron chi connectivity index (χ4n) is 2.70. The lowest BCUT2D eigenvalue weighted by Crippen LogP contribution is -1.89. The van der Waals surface area contributed by atoms with Gasteiger partial charge in [0.1, 0.15) is 0 Å². The SMILES string of the molecule is CCCCCCc1cc(C)sc1-c1cc(CCO)c(C)s1. The average Bonchev–Trinajstić information content (AvgIpc) is 2.99. The number of hydrogen-bond donors (Lipinski definition) is 1. The van der Waals surface area contributed by atoms with Crippen molar-refractivity contribution in [2.75, 3.05) is 6.61 Å². The Labute approximate surface area is 136 Å². The van der Waals surface area contributed by atoms with E-state index in [2.05, 4.69) is 32.9 Å². The molecular weight excluding hydrogens is 296 g/mol. The van der Waals surface area contributed by atoms with Gasteiger partial charge in [0.25, 0.3) is 0 Å². The first-order chi connectivity index (χ1) is 10.2. The van der Waals surface area contributed by atoms with E-state index in [1.54, 1.807) is 0 Å². The first kappa shape index (κ1) is 16.7. The molecule has 0 bridgehead atoms. The Morgan fingerprint density at radius 1 is 0.952 bits per heavy atom. The zero-order valence-electron chi connectivity index (χ0n) is 13.4. The van der Waals surface area contributed by atoms with Crippen molar-refractivity contribution >= 4 is 22.7 Å². The number of aliphatic hydroxyl groups is 1. The predicted octanol–water partition coefficient (Wildman–Crippen LogP) is 5.75. The quantitative estimate of drug-likeness (QED) is 0.613. The van der Waals surface area contributed by atoms with E-state index in [9.17, 15) is 0 Å². The molecule has 116 valence electrons. The summed E-state index contributed by atoms with van der Waals surface area (Å²) in [5.41, 5.74) is 2.82. The summed E-state index contributed by atoms with van der Waals surface area (Å²) in [6, 6.07) is 4.66. The summed E-state index contributed by atoms with van der Waals surface area (Å²) in [5.74, 6) is 0. The summed E-state index contributed by atoms with van der Waals surface area (Å²) in [6.45, 7) is 6.88. The van der Waals surface area contributed by atoms with Gasteiger partial charge in [0.15, 0.2) is 0 Å². The molecule has 21 heavy (non-hydrogen) atoms. The van der Waals surface area contributed by atoms with Crippen LogP contribution in [-0.4, -0.2) is 11.7 Å². The highest BCUT2D eigenvalue weighted by atomic mass is 32.1. The third-order valence-electron chi connectivity index (χ3n) is 3.86. The van der Waals surface area contributed by atoms with Crippen molar-refractivity contribution in [1.29, 1.82) is 0 Å². The lowest BCUT2D eigenvalue weighted by atomic mass is 10.1. The van der Waals surface area contributed by atoms with Gasteiger partial charge in [-0.3, -0.25) is 0 Å². The molecule has 2 heterocycles. The number of aliphatic hydroxyl groups excluding tert-OH is 1. The minimum atomic E-state index is 0.240. The van der Waals surface area contributed by atoms with Crippen molar-refractivity contribution in [2.24, 2.45) is 0 Å². The van der Waals surface area contributed by atoms with Crippen LogP contribution in [0.15, 0.2) is 12.1 Å². The lowest BCUT2D eigenvalue weighted by Gasteiger charge is -2.02. The lowest BCUT2D eigenvalue weighted by molar-refractivity contribution is 0.299. The summed E-state index contributed by atoms with van der Waals surface area (Å²) in [6.07, 6.45) is 7.25. The monoisotopic (exact) mass is 322 g/mol. The van der Waals surface area contributed by atoms with Crippen LogP contribution in [0.25, 0.3) is 9.75 Å². The maximum absolute atomic E-state index is 9.16. The van der Waals surface area contributed by atoms with Crippen LogP contribution in [0.5, 0.6) is 0 Å². The molecule has 0 unspecified atom stereocenters. The van der Waals surface area contributed by atoms with E-state index >= 15 is 0 Å². The van der Waals surface area contributed by atoms with Crippen molar-refractivity contribution in [3.63, 3.8) is 0 Å². The van der Waals surface area contributed by atoms with Crippen molar-refractivity contribution in [3.05, 3.63) is 33.0 Å². The maximum atomic E-state index is 9.16. The zero-order chi connectivity index (χ0) is 15.2. The molecule has 0 amide bonds. The van der Waals surface area contributed by atoms with E-state index in [4.69, 9.17) is 5.11 Å². The second-order valence-electron chi connectivity index (χ2n) is 5.69. The Hall–Kier alpha value is -0.640. The molecule has 0 aliphatic carbocycles. The third kappa shape index (κ3) is 4.41. The van der Waals surface area contributed by atoms with Gasteiger partial charge in [-0.2, -0.15) is 0 Å². The summed E-state index contributed by atoms with van der Waals surface area (Å²) in [7, 11) is 0. The third-order valence-corrected chi connectivity index (χ3v) is 6.22. The van der Waals surface area contributed by atoms with Gasteiger partial charge < -0.3 is 5.11 Å². The smallest absolute Gasteiger partial charge is 0.0477 e. The number of thiophene rings is 2.